The number of urea groups is 1. The Hall–Kier alpha value is -3.69. The third kappa shape index (κ3) is 7.25. The van der Waals surface area contributed by atoms with Crippen LogP contribution in [0.1, 0.15) is 42.4 Å². The van der Waals surface area contributed by atoms with Gasteiger partial charge in [-0.2, -0.15) is 5.26 Å². The lowest BCUT2D eigenvalue weighted by Gasteiger charge is -2.47. The normalized spacial score (nSPS) is 20.4. The van der Waals surface area contributed by atoms with Crippen LogP contribution >= 0.6 is 0 Å². The van der Waals surface area contributed by atoms with Crippen molar-refractivity contribution >= 4 is 11.7 Å². The van der Waals surface area contributed by atoms with Crippen LogP contribution in [0.15, 0.2) is 78.9 Å². The van der Waals surface area contributed by atoms with Crippen molar-refractivity contribution < 1.29 is 9.18 Å². The Morgan fingerprint density at radius 2 is 1.74 bits per heavy atom. The summed E-state index contributed by atoms with van der Waals surface area (Å²) in [5.74, 6) is 0.442. The number of hydrogen-bond donors (Lipinski definition) is 1. The number of carbonyl (C=O) groups is 1. The van der Waals surface area contributed by atoms with E-state index in [1.807, 2.05) is 23.1 Å². The molecule has 1 atom stereocenters. The van der Waals surface area contributed by atoms with Crippen LogP contribution in [0.25, 0.3) is 0 Å². The Morgan fingerprint density at radius 1 is 0.974 bits per heavy atom. The van der Waals surface area contributed by atoms with Crippen molar-refractivity contribution in [2.24, 2.45) is 11.3 Å². The topological polar surface area (TPSA) is 59.4 Å². The summed E-state index contributed by atoms with van der Waals surface area (Å²) in [6.07, 6.45) is 6.28. The number of anilines is 1. The number of nitriles is 1. The molecule has 2 saturated heterocycles. The fourth-order valence-electron chi connectivity index (χ4n) is 6.39. The molecule has 0 aromatic heterocycles. The van der Waals surface area contributed by atoms with E-state index in [4.69, 9.17) is 0 Å². The summed E-state index contributed by atoms with van der Waals surface area (Å²) in [5, 5.41) is 12.2. The molecule has 2 aliphatic heterocycles. The minimum atomic E-state index is -0.178. The van der Waals surface area contributed by atoms with Crippen LogP contribution in [-0.4, -0.2) is 48.6 Å². The van der Waals surface area contributed by atoms with Crippen molar-refractivity contribution in [2.45, 2.75) is 38.5 Å². The maximum atomic E-state index is 13.3. The lowest BCUT2D eigenvalue weighted by atomic mass is 9.74. The maximum absolute atomic E-state index is 13.3. The summed E-state index contributed by atoms with van der Waals surface area (Å²) in [5.41, 5.74) is 3.70. The highest BCUT2D eigenvalue weighted by Gasteiger charge is 2.39. The zero-order valence-electron chi connectivity index (χ0n) is 22.5. The number of piperidine rings is 2. The molecular weight excluding hydrogens is 487 g/mol. The van der Waals surface area contributed by atoms with E-state index in [1.54, 1.807) is 30.3 Å². The molecule has 2 aliphatic rings. The number of nitrogens with one attached hydrogen (secondary N) is 1. The van der Waals surface area contributed by atoms with Crippen LogP contribution in [0.4, 0.5) is 14.9 Å². The molecule has 3 aromatic rings. The van der Waals surface area contributed by atoms with Crippen LogP contribution in [0, 0.1) is 28.5 Å². The molecule has 0 radical (unpaired) electrons. The van der Waals surface area contributed by atoms with Crippen LogP contribution in [-0.2, 0) is 12.8 Å². The molecule has 2 amide bonds. The van der Waals surface area contributed by atoms with Gasteiger partial charge in [-0.25, -0.2) is 9.18 Å². The van der Waals surface area contributed by atoms with E-state index in [9.17, 15) is 14.4 Å². The lowest BCUT2D eigenvalue weighted by molar-refractivity contribution is 0.0520. The van der Waals surface area contributed by atoms with Crippen molar-refractivity contribution in [3.63, 3.8) is 0 Å². The summed E-state index contributed by atoms with van der Waals surface area (Å²) in [4.78, 5) is 17.9. The second-order valence-corrected chi connectivity index (χ2v) is 11.4. The largest absolute Gasteiger partial charge is 0.324 e. The molecule has 5 rings (SSSR count). The van der Waals surface area contributed by atoms with Crippen LogP contribution in [0.2, 0.25) is 0 Å². The van der Waals surface area contributed by atoms with Gasteiger partial charge >= 0.3 is 6.03 Å². The van der Waals surface area contributed by atoms with Gasteiger partial charge in [-0.3, -0.25) is 0 Å². The first kappa shape index (κ1) is 26.9. The first-order valence-corrected chi connectivity index (χ1v) is 14.1. The van der Waals surface area contributed by atoms with Crippen molar-refractivity contribution in [1.82, 2.24) is 9.80 Å². The van der Waals surface area contributed by atoms with Gasteiger partial charge < -0.3 is 15.1 Å². The van der Waals surface area contributed by atoms with Crippen LogP contribution in [0.3, 0.4) is 0 Å². The van der Waals surface area contributed by atoms with Crippen LogP contribution < -0.4 is 5.32 Å². The molecule has 39 heavy (non-hydrogen) atoms. The molecule has 0 bridgehead atoms. The van der Waals surface area contributed by atoms with E-state index < -0.39 is 0 Å². The average molecular weight is 525 g/mol. The van der Waals surface area contributed by atoms with Gasteiger partial charge in [0.25, 0.3) is 0 Å². The van der Waals surface area contributed by atoms with Crippen molar-refractivity contribution in [3.8, 4) is 6.07 Å². The van der Waals surface area contributed by atoms with Gasteiger partial charge in [0.1, 0.15) is 5.82 Å². The van der Waals surface area contributed by atoms with E-state index in [2.05, 4.69) is 46.6 Å². The Kier molecular flexibility index (Phi) is 8.58. The minimum Gasteiger partial charge on any atom is -0.324 e. The number of hydrogen-bond acceptors (Lipinski definition) is 3. The first-order valence-electron chi connectivity index (χ1n) is 14.1. The van der Waals surface area contributed by atoms with Crippen molar-refractivity contribution in [1.29, 1.82) is 5.26 Å². The van der Waals surface area contributed by atoms with E-state index in [0.29, 0.717) is 23.7 Å². The molecule has 5 nitrogen and oxygen atoms in total. The summed E-state index contributed by atoms with van der Waals surface area (Å²) in [7, 11) is 0. The predicted molar refractivity (Wildman–Crippen MR) is 153 cm³/mol. The molecule has 0 aliphatic carbocycles. The zero-order chi connectivity index (χ0) is 27.1. The van der Waals surface area contributed by atoms with E-state index in [1.165, 1.54) is 11.1 Å². The Balaban J connectivity index is 1.25. The molecule has 2 fully saturated rings. The van der Waals surface area contributed by atoms with Crippen molar-refractivity contribution in [2.75, 3.05) is 38.0 Å². The van der Waals surface area contributed by atoms with E-state index in [-0.39, 0.29) is 17.3 Å². The number of carbonyl (C=O) groups excluding carboxylic acids is 1. The average Bonchev–Trinajstić information content (AvgIpc) is 2.96. The second-order valence-electron chi connectivity index (χ2n) is 11.4. The molecular formula is C33H37FN4O. The summed E-state index contributed by atoms with van der Waals surface area (Å²) >= 11 is 0. The summed E-state index contributed by atoms with van der Waals surface area (Å²) in [6, 6.07) is 26.7. The maximum Gasteiger partial charge on any atom is 0.321 e. The first-order chi connectivity index (χ1) is 19.0. The highest BCUT2D eigenvalue weighted by Crippen LogP contribution is 2.36. The Morgan fingerprint density at radius 3 is 2.49 bits per heavy atom. The molecule has 2 heterocycles. The lowest BCUT2D eigenvalue weighted by Crippen LogP contribution is -2.54. The quantitative estimate of drug-likeness (QED) is 0.383. The highest BCUT2D eigenvalue weighted by atomic mass is 19.1. The molecule has 202 valence electrons. The van der Waals surface area contributed by atoms with Gasteiger partial charge in [-0.1, -0.05) is 48.5 Å². The molecule has 3 aromatic carbocycles. The summed E-state index contributed by atoms with van der Waals surface area (Å²) in [6.45, 7) is 4.52. The summed E-state index contributed by atoms with van der Waals surface area (Å²) < 4.78 is 13.3. The van der Waals surface area contributed by atoms with Gasteiger partial charge in [-0.15, -0.1) is 0 Å². The molecule has 1 N–H and O–H groups in total. The van der Waals surface area contributed by atoms with Crippen LogP contribution in [0.5, 0.6) is 0 Å². The fraction of sp³-hybridized carbons (Fsp3) is 0.394. The number of rotatable bonds is 7. The highest BCUT2D eigenvalue weighted by molar-refractivity contribution is 5.89. The third-order valence-electron chi connectivity index (χ3n) is 8.32. The SMILES string of the molecule is N#Cc1cccc(NC(=O)N2CCCC(Cc3ccccc3)(CN3CCC(Cc4ccc(F)cc4)CC3)C2)c1. The number of benzene rings is 3. The predicted octanol–water partition coefficient (Wildman–Crippen LogP) is 6.51. The zero-order valence-corrected chi connectivity index (χ0v) is 22.5. The Bertz CT molecular complexity index is 1280. The number of nitrogens with zero attached hydrogens (tertiary/aromatic N) is 3. The monoisotopic (exact) mass is 524 g/mol. The third-order valence-corrected chi connectivity index (χ3v) is 8.32. The second kappa shape index (κ2) is 12.4. The smallest absolute Gasteiger partial charge is 0.321 e. The Labute approximate surface area is 231 Å². The fourth-order valence-corrected chi connectivity index (χ4v) is 6.39. The van der Waals surface area contributed by atoms with Gasteiger partial charge in [0.15, 0.2) is 0 Å². The van der Waals surface area contributed by atoms with Gasteiger partial charge in [0, 0.05) is 30.7 Å². The number of likely N-dealkylation sites (tertiary alicyclic amines) is 2. The van der Waals surface area contributed by atoms with E-state index in [0.717, 1.165) is 64.7 Å². The molecule has 0 spiro atoms. The minimum absolute atomic E-state index is 0.0186. The molecule has 0 saturated carbocycles. The standard InChI is InChI=1S/C33H37FN4O/c34-30-12-10-26(11-13-30)20-27-14-18-37(19-15-27)24-33(22-28-6-2-1-3-7-28)16-5-17-38(25-33)32(39)36-31-9-4-8-29(21-31)23-35/h1-4,6-13,21,27H,5,14-20,22,24-25H2,(H,36,39). The van der Waals surface area contributed by atoms with Gasteiger partial charge in [0.2, 0.25) is 0 Å². The van der Waals surface area contributed by atoms with Gasteiger partial charge in [0.05, 0.1) is 11.6 Å². The molecule has 1 unspecified atom stereocenters. The number of amides is 2. The molecule has 6 heteroatoms. The van der Waals surface area contributed by atoms with Crippen molar-refractivity contribution in [3.05, 3.63) is 101 Å². The van der Waals surface area contributed by atoms with Gasteiger partial charge in [-0.05, 0) is 99.0 Å². The van der Waals surface area contributed by atoms with E-state index >= 15 is 0 Å². The number of halogens is 1.